The number of rotatable bonds is 6. The van der Waals surface area contributed by atoms with Crippen molar-refractivity contribution >= 4 is 16.9 Å². The maximum absolute atomic E-state index is 12.1. The SMILES string of the molecule is Cn1nc(CNC(CNC(=O)OC(C)(C)C)c2ccc3ccccc3c2)[nH]c1=O. The molecule has 1 aromatic heterocycles. The van der Waals surface area contributed by atoms with E-state index in [-0.39, 0.29) is 11.7 Å². The molecule has 3 aromatic rings. The lowest BCUT2D eigenvalue weighted by Gasteiger charge is -2.23. The molecule has 2 aromatic carbocycles. The smallest absolute Gasteiger partial charge is 0.407 e. The maximum atomic E-state index is 12.1. The quantitative estimate of drug-likeness (QED) is 0.594. The van der Waals surface area contributed by atoms with E-state index in [2.05, 4.69) is 38.9 Å². The molecule has 3 rings (SSSR count). The van der Waals surface area contributed by atoms with Crippen LogP contribution in [0.3, 0.4) is 0 Å². The van der Waals surface area contributed by atoms with Crippen LogP contribution in [0.4, 0.5) is 4.79 Å². The Labute approximate surface area is 169 Å². The largest absolute Gasteiger partial charge is 0.444 e. The summed E-state index contributed by atoms with van der Waals surface area (Å²) in [6.07, 6.45) is -0.476. The van der Waals surface area contributed by atoms with Gasteiger partial charge in [0.15, 0.2) is 0 Å². The first-order valence-electron chi connectivity index (χ1n) is 9.52. The first-order valence-corrected chi connectivity index (χ1v) is 9.52. The molecule has 0 bridgehead atoms. The molecule has 0 fully saturated rings. The molecule has 1 heterocycles. The number of aryl methyl sites for hydroxylation is 1. The van der Waals surface area contributed by atoms with E-state index in [1.807, 2.05) is 45.0 Å². The molecule has 0 radical (unpaired) electrons. The van der Waals surface area contributed by atoms with E-state index < -0.39 is 11.7 Å². The van der Waals surface area contributed by atoms with Crippen LogP contribution in [-0.2, 0) is 18.3 Å². The van der Waals surface area contributed by atoms with E-state index in [4.69, 9.17) is 4.74 Å². The topological polar surface area (TPSA) is 101 Å². The van der Waals surface area contributed by atoms with Gasteiger partial charge in [-0.25, -0.2) is 14.3 Å². The minimum absolute atomic E-state index is 0.197. The van der Waals surface area contributed by atoms with Gasteiger partial charge in [0.05, 0.1) is 12.6 Å². The van der Waals surface area contributed by atoms with Gasteiger partial charge in [0.1, 0.15) is 11.4 Å². The molecule has 1 amide bonds. The number of benzene rings is 2. The highest BCUT2D eigenvalue weighted by Gasteiger charge is 2.19. The summed E-state index contributed by atoms with van der Waals surface area (Å²) in [4.78, 5) is 26.4. The molecule has 1 unspecified atom stereocenters. The van der Waals surface area contributed by atoms with Gasteiger partial charge < -0.3 is 15.4 Å². The van der Waals surface area contributed by atoms with Gasteiger partial charge in [-0.1, -0.05) is 36.4 Å². The average Bonchev–Trinajstić information content (AvgIpc) is 2.97. The number of amides is 1. The lowest BCUT2D eigenvalue weighted by Crippen LogP contribution is -2.38. The highest BCUT2D eigenvalue weighted by molar-refractivity contribution is 5.83. The van der Waals surface area contributed by atoms with E-state index in [1.54, 1.807) is 7.05 Å². The third-order valence-electron chi connectivity index (χ3n) is 4.36. The maximum Gasteiger partial charge on any atom is 0.407 e. The molecule has 154 valence electrons. The van der Waals surface area contributed by atoms with E-state index in [0.29, 0.717) is 18.9 Å². The number of alkyl carbamates (subject to hydrolysis) is 1. The van der Waals surface area contributed by atoms with Gasteiger partial charge in [-0.05, 0) is 43.2 Å². The average molecular weight is 397 g/mol. The third kappa shape index (κ3) is 5.68. The Morgan fingerprint density at radius 2 is 1.93 bits per heavy atom. The Morgan fingerprint density at radius 1 is 1.21 bits per heavy atom. The summed E-state index contributed by atoms with van der Waals surface area (Å²) in [5, 5.41) is 12.6. The fourth-order valence-corrected chi connectivity index (χ4v) is 2.99. The number of carbonyl (C=O) groups is 1. The number of aromatic amines is 1. The van der Waals surface area contributed by atoms with Crippen molar-refractivity contribution in [3.63, 3.8) is 0 Å². The van der Waals surface area contributed by atoms with Crippen LogP contribution in [0.25, 0.3) is 10.8 Å². The lowest BCUT2D eigenvalue weighted by molar-refractivity contribution is 0.0522. The van der Waals surface area contributed by atoms with Crippen molar-refractivity contribution in [3.8, 4) is 0 Å². The van der Waals surface area contributed by atoms with Gasteiger partial charge in [-0.3, -0.25) is 4.98 Å². The predicted molar refractivity (Wildman–Crippen MR) is 112 cm³/mol. The molecule has 29 heavy (non-hydrogen) atoms. The van der Waals surface area contributed by atoms with Crippen molar-refractivity contribution in [3.05, 3.63) is 64.3 Å². The van der Waals surface area contributed by atoms with E-state index in [1.165, 1.54) is 4.68 Å². The highest BCUT2D eigenvalue weighted by Crippen LogP contribution is 2.20. The zero-order valence-electron chi connectivity index (χ0n) is 17.2. The monoisotopic (exact) mass is 397 g/mol. The number of carbonyl (C=O) groups excluding carboxylic acids is 1. The number of nitrogens with zero attached hydrogens (tertiary/aromatic N) is 2. The second-order valence-electron chi connectivity index (χ2n) is 7.92. The summed E-state index contributed by atoms with van der Waals surface area (Å²) >= 11 is 0. The number of aromatic nitrogens is 3. The molecule has 0 aliphatic heterocycles. The standard InChI is InChI=1S/C21H27N5O3/c1-21(2,3)29-20(28)23-12-17(22-13-18-24-19(27)26(4)25-18)16-10-9-14-7-5-6-8-15(14)11-16/h5-11,17,22H,12-13H2,1-4H3,(H,23,28)(H,24,25,27). The summed E-state index contributed by atoms with van der Waals surface area (Å²) in [6.45, 7) is 6.14. The van der Waals surface area contributed by atoms with Gasteiger partial charge in [-0.15, -0.1) is 0 Å². The predicted octanol–water partition coefficient (Wildman–Crippen LogP) is 2.62. The highest BCUT2D eigenvalue weighted by atomic mass is 16.6. The van der Waals surface area contributed by atoms with E-state index >= 15 is 0 Å². The van der Waals surface area contributed by atoms with E-state index in [9.17, 15) is 9.59 Å². The van der Waals surface area contributed by atoms with Crippen LogP contribution in [0, 0.1) is 0 Å². The molecule has 0 saturated carbocycles. The minimum Gasteiger partial charge on any atom is -0.444 e. The number of H-pyrrole nitrogens is 1. The number of fused-ring (bicyclic) bond motifs is 1. The molecule has 0 saturated heterocycles. The molecule has 8 nitrogen and oxygen atoms in total. The van der Waals surface area contributed by atoms with Gasteiger partial charge in [0.2, 0.25) is 0 Å². The molecule has 0 aliphatic rings. The summed E-state index contributed by atoms with van der Waals surface area (Å²) < 4.78 is 6.59. The molecule has 3 N–H and O–H groups in total. The number of ether oxygens (including phenoxy) is 1. The second-order valence-corrected chi connectivity index (χ2v) is 7.92. The summed E-state index contributed by atoms with van der Waals surface area (Å²) in [7, 11) is 1.59. The van der Waals surface area contributed by atoms with Crippen LogP contribution in [0.15, 0.2) is 47.3 Å². The van der Waals surface area contributed by atoms with E-state index in [0.717, 1.165) is 16.3 Å². The van der Waals surface area contributed by atoms with Crippen molar-refractivity contribution in [2.24, 2.45) is 7.05 Å². The van der Waals surface area contributed by atoms with Gasteiger partial charge in [0, 0.05) is 13.6 Å². The van der Waals surface area contributed by atoms with Crippen LogP contribution in [-0.4, -0.2) is 33.0 Å². The third-order valence-corrected chi connectivity index (χ3v) is 4.36. The van der Waals surface area contributed by atoms with Crippen molar-refractivity contribution in [1.29, 1.82) is 0 Å². The van der Waals surface area contributed by atoms with Crippen LogP contribution in [0.5, 0.6) is 0 Å². The zero-order valence-corrected chi connectivity index (χ0v) is 17.2. The van der Waals surface area contributed by atoms with Crippen molar-refractivity contribution in [1.82, 2.24) is 25.4 Å². The van der Waals surface area contributed by atoms with Gasteiger partial charge in [-0.2, -0.15) is 5.10 Å². The normalized spacial score (nSPS) is 12.7. The van der Waals surface area contributed by atoms with Crippen molar-refractivity contribution in [2.75, 3.05) is 6.54 Å². The second kappa shape index (κ2) is 8.48. The first-order chi connectivity index (χ1) is 13.7. The molecule has 8 heteroatoms. The minimum atomic E-state index is -0.566. The van der Waals surface area contributed by atoms with Crippen LogP contribution < -0.4 is 16.3 Å². The number of hydrogen-bond donors (Lipinski definition) is 3. The van der Waals surface area contributed by atoms with Crippen LogP contribution in [0.2, 0.25) is 0 Å². The lowest BCUT2D eigenvalue weighted by atomic mass is 10.0. The fourth-order valence-electron chi connectivity index (χ4n) is 2.99. The Bertz CT molecular complexity index is 1050. The van der Waals surface area contributed by atoms with Gasteiger partial charge in [0.25, 0.3) is 0 Å². The number of nitrogens with one attached hydrogen (secondary N) is 3. The summed E-state index contributed by atoms with van der Waals surface area (Å²) in [5.74, 6) is 0.528. The van der Waals surface area contributed by atoms with Crippen molar-refractivity contribution in [2.45, 2.75) is 39.0 Å². The van der Waals surface area contributed by atoms with Crippen LogP contribution >= 0.6 is 0 Å². The van der Waals surface area contributed by atoms with Crippen LogP contribution in [0.1, 0.15) is 38.2 Å². The Hall–Kier alpha value is -3.13. The van der Waals surface area contributed by atoms with Crippen molar-refractivity contribution < 1.29 is 9.53 Å². The van der Waals surface area contributed by atoms with Gasteiger partial charge >= 0.3 is 11.8 Å². The zero-order chi connectivity index (χ0) is 21.0. The Morgan fingerprint density at radius 3 is 2.59 bits per heavy atom. The molecule has 1 atom stereocenters. The Balaban J connectivity index is 1.77. The Kier molecular flexibility index (Phi) is 6.03. The molecular formula is C21H27N5O3. The number of hydrogen-bond acceptors (Lipinski definition) is 5. The summed E-state index contributed by atoms with van der Waals surface area (Å²) in [5.41, 5.74) is 0.178. The summed E-state index contributed by atoms with van der Waals surface area (Å²) in [6, 6.07) is 14.1. The first kappa shape index (κ1) is 20.6. The molecule has 0 spiro atoms. The molecule has 0 aliphatic carbocycles. The molecular weight excluding hydrogens is 370 g/mol. The fraction of sp³-hybridized carbons (Fsp3) is 0.381.